The number of ether oxygens (including phenoxy) is 2. The summed E-state index contributed by atoms with van der Waals surface area (Å²) in [7, 11) is 1.61. The number of nitrogens with one attached hydrogen (secondary N) is 2. The van der Waals surface area contributed by atoms with Crippen molar-refractivity contribution in [2.24, 2.45) is 0 Å². The van der Waals surface area contributed by atoms with Gasteiger partial charge in [0.05, 0.1) is 13.7 Å². The summed E-state index contributed by atoms with van der Waals surface area (Å²) < 4.78 is 10.9. The molecule has 0 aromatic heterocycles. The van der Waals surface area contributed by atoms with Crippen LogP contribution in [-0.4, -0.2) is 38.8 Å². The van der Waals surface area contributed by atoms with Crippen molar-refractivity contribution in [1.82, 2.24) is 10.6 Å². The van der Waals surface area contributed by atoms with Gasteiger partial charge in [0.15, 0.2) is 11.5 Å². The lowest BCUT2D eigenvalue weighted by molar-refractivity contribution is -0.120. The van der Waals surface area contributed by atoms with E-state index in [9.17, 15) is 4.79 Å². The normalized spacial score (nSPS) is 11.6. The molecular formula is C21H28N2O3. The average molecular weight is 356 g/mol. The number of para-hydroxylation sites is 2. The molecule has 0 aliphatic carbocycles. The fraction of sp³-hybridized carbons (Fsp3) is 0.381. The summed E-state index contributed by atoms with van der Waals surface area (Å²) in [6.45, 7) is 3.37. The predicted molar refractivity (Wildman–Crippen MR) is 104 cm³/mol. The Labute approximate surface area is 155 Å². The van der Waals surface area contributed by atoms with E-state index in [1.165, 1.54) is 5.56 Å². The van der Waals surface area contributed by atoms with Crippen LogP contribution in [-0.2, 0) is 11.2 Å². The lowest BCUT2D eigenvalue weighted by Gasteiger charge is -2.14. The molecule has 2 aromatic carbocycles. The maximum absolute atomic E-state index is 12.0. The van der Waals surface area contributed by atoms with E-state index in [4.69, 9.17) is 9.47 Å². The maximum Gasteiger partial charge on any atom is 0.234 e. The molecule has 5 nitrogen and oxygen atoms in total. The zero-order chi connectivity index (χ0) is 18.6. The lowest BCUT2D eigenvalue weighted by atomic mass is 10.1. The van der Waals surface area contributed by atoms with E-state index in [2.05, 4.69) is 22.8 Å². The van der Waals surface area contributed by atoms with Gasteiger partial charge in [-0.3, -0.25) is 4.79 Å². The van der Waals surface area contributed by atoms with Gasteiger partial charge < -0.3 is 20.1 Å². The third-order valence-corrected chi connectivity index (χ3v) is 4.01. The molecule has 140 valence electrons. The van der Waals surface area contributed by atoms with Crippen LogP contribution < -0.4 is 20.1 Å². The highest BCUT2D eigenvalue weighted by Crippen LogP contribution is 2.25. The van der Waals surface area contributed by atoms with Crippen LogP contribution in [0.2, 0.25) is 0 Å². The van der Waals surface area contributed by atoms with Crippen LogP contribution in [0.15, 0.2) is 54.6 Å². The number of hydrogen-bond acceptors (Lipinski definition) is 4. The average Bonchev–Trinajstić information content (AvgIpc) is 2.67. The van der Waals surface area contributed by atoms with Crippen LogP contribution in [0.5, 0.6) is 11.5 Å². The number of hydrogen-bond donors (Lipinski definition) is 2. The molecule has 0 heterocycles. The summed E-state index contributed by atoms with van der Waals surface area (Å²) >= 11 is 0. The summed E-state index contributed by atoms with van der Waals surface area (Å²) in [5, 5.41) is 6.11. The lowest BCUT2D eigenvalue weighted by Crippen LogP contribution is -2.40. The topological polar surface area (TPSA) is 59.6 Å². The van der Waals surface area contributed by atoms with Crippen LogP contribution >= 0.6 is 0 Å². The third kappa shape index (κ3) is 7.15. The summed E-state index contributed by atoms with van der Waals surface area (Å²) in [5.41, 5.74) is 1.29. The summed E-state index contributed by atoms with van der Waals surface area (Å²) in [5.74, 6) is 1.41. The minimum Gasteiger partial charge on any atom is -0.493 e. The van der Waals surface area contributed by atoms with Crippen molar-refractivity contribution < 1.29 is 14.3 Å². The molecule has 26 heavy (non-hydrogen) atoms. The fourth-order valence-electron chi connectivity index (χ4n) is 2.60. The van der Waals surface area contributed by atoms with E-state index in [1.54, 1.807) is 7.11 Å². The van der Waals surface area contributed by atoms with Crippen LogP contribution in [0, 0.1) is 0 Å². The van der Waals surface area contributed by atoms with E-state index < -0.39 is 0 Å². The monoisotopic (exact) mass is 356 g/mol. The smallest absolute Gasteiger partial charge is 0.234 e. The fourth-order valence-corrected chi connectivity index (χ4v) is 2.60. The molecule has 1 atom stereocenters. The number of methoxy groups -OCH3 is 1. The first-order valence-electron chi connectivity index (χ1n) is 8.99. The SMILES string of the molecule is COc1ccccc1OCCNCC(=O)NC(C)CCc1ccccc1. The molecule has 0 saturated heterocycles. The van der Waals surface area contributed by atoms with Crippen molar-refractivity contribution in [1.29, 1.82) is 0 Å². The van der Waals surface area contributed by atoms with Gasteiger partial charge in [-0.05, 0) is 37.5 Å². The molecule has 0 fully saturated rings. The molecule has 2 aromatic rings. The molecule has 2 rings (SSSR count). The molecule has 0 saturated carbocycles. The molecule has 2 N–H and O–H groups in total. The number of rotatable bonds is 11. The molecular weight excluding hydrogens is 328 g/mol. The van der Waals surface area contributed by atoms with E-state index in [-0.39, 0.29) is 18.5 Å². The van der Waals surface area contributed by atoms with Gasteiger partial charge in [-0.15, -0.1) is 0 Å². The number of amides is 1. The van der Waals surface area contributed by atoms with Crippen molar-refractivity contribution >= 4 is 5.91 Å². The maximum atomic E-state index is 12.0. The Hall–Kier alpha value is -2.53. The van der Waals surface area contributed by atoms with Gasteiger partial charge in [-0.2, -0.15) is 0 Å². The van der Waals surface area contributed by atoms with Gasteiger partial charge in [0.25, 0.3) is 0 Å². The van der Waals surface area contributed by atoms with E-state index in [0.717, 1.165) is 12.8 Å². The van der Waals surface area contributed by atoms with E-state index in [1.807, 2.05) is 49.4 Å². The van der Waals surface area contributed by atoms with Gasteiger partial charge >= 0.3 is 0 Å². The quantitative estimate of drug-likeness (QED) is 0.608. The first-order chi connectivity index (χ1) is 12.7. The van der Waals surface area contributed by atoms with Gasteiger partial charge in [0, 0.05) is 12.6 Å². The minimum atomic E-state index is 0.00264. The van der Waals surface area contributed by atoms with Gasteiger partial charge in [0.1, 0.15) is 6.61 Å². The predicted octanol–water partition coefficient (Wildman–Crippen LogP) is 2.80. The van der Waals surface area contributed by atoms with Gasteiger partial charge in [-0.25, -0.2) is 0 Å². The standard InChI is InChI=1S/C21H28N2O3/c1-17(12-13-18-8-4-3-5-9-18)23-21(24)16-22-14-15-26-20-11-7-6-10-19(20)25-2/h3-11,17,22H,12-16H2,1-2H3,(H,23,24). The first-order valence-corrected chi connectivity index (χ1v) is 8.99. The van der Waals surface area contributed by atoms with Crippen molar-refractivity contribution in [3.05, 3.63) is 60.2 Å². The summed E-state index contributed by atoms with van der Waals surface area (Å²) in [6.07, 6.45) is 1.88. The molecule has 0 radical (unpaired) electrons. The second-order valence-corrected chi connectivity index (χ2v) is 6.17. The zero-order valence-electron chi connectivity index (χ0n) is 15.5. The number of benzene rings is 2. The highest BCUT2D eigenvalue weighted by molar-refractivity contribution is 5.78. The minimum absolute atomic E-state index is 0.00264. The second kappa shape index (κ2) is 11.2. The number of aryl methyl sites for hydroxylation is 1. The van der Waals surface area contributed by atoms with Crippen LogP contribution in [0.25, 0.3) is 0 Å². The molecule has 1 unspecified atom stereocenters. The second-order valence-electron chi connectivity index (χ2n) is 6.17. The molecule has 0 aliphatic heterocycles. The Morgan fingerprint density at radius 3 is 2.46 bits per heavy atom. The van der Waals surface area contributed by atoms with Gasteiger partial charge in [0.2, 0.25) is 5.91 Å². The molecule has 0 spiro atoms. The van der Waals surface area contributed by atoms with Crippen molar-refractivity contribution in [3.8, 4) is 11.5 Å². The molecule has 0 aliphatic rings. The summed E-state index contributed by atoms with van der Waals surface area (Å²) in [4.78, 5) is 12.0. The molecule has 0 bridgehead atoms. The Morgan fingerprint density at radius 2 is 1.73 bits per heavy atom. The number of carbonyl (C=O) groups excluding carboxylic acids is 1. The highest BCUT2D eigenvalue weighted by atomic mass is 16.5. The van der Waals surface area contributed by atoms with E-state index >= 15 is 0 Å². The van der Waals surface area contributed by atoms with Crippen LogP contribution in [0.4, 0.5) is 0 Å². The first kappa shape index (κ1) is 19.8. The Balaban J connectivity index is 1.57. The van der Waals surface area contributed by atoms with Crippen LogP contribution in [0.1, 0.15) is 18.9 Å². The highest BCUT2D eigenvalue weighted by Gasteiger charge is 2.07. The largest absolute Gasteiger partial charge is 0.493 e. The number of carbonyl (C=O) groups is 1. The molecule has 5 heteroatoms. The Morgan fingerprint density at radius 1 is 1.04 bits per heavy atom. The molecule has 1 amide bonds. The zero-order valence-corrected chi connectivity index (χ0v) is 15.5. The van der Waals surface area contributed by atoms with Crippen molar-refractivity contribution in [2.45, 2.75) is 25.8 Å². The van der Waals surface area contributed by atoms with Crippen molar-refractivity contribution in [3.63, 3.8) is 0 Å². The van der Waals surface area contributed by atoms with Gasteiger partial charge in [-0.1, -0.05) is 42.5 Å². The van der Waals surface area contributed by atoms with Crippen molar-refractivity contribution in [2.75, 3.05) is 26.8 Å². The van der Waals surface area contributed by atoms with E-state index in [0.29, 0.717) is 24.7 Å². The Kier molecular flexibility index (Phi) is 8.49. The Bertz CT molecular complexity index is 661. The summed E-state index contributed by atoms with van der Waals surface area (Å²) in [6, 6.07) is 18.0. The van der Waals surface area contributed by atoms with Crippen LogP contribution in [0.3, 0.4) is 0 Å². The third-order valence-electron chi connectivity index (χ3n) is 4.01.